The molecular weight excluding hydrogens is 382 g/mol. The van der Waals surface area contributed by atoms with Gasteiger partial charge in [-0.15, -0.1) is 11.3 Å². The average molecular weight is 394 g/mol. The van der Waals surface area contributed by atoms with E-state index in [0.29, 0.717) is 22.7 Å². The van der Waals surface area contributed by atoms with E-state index in [4.69, 9.17) is 9.47 Å². The largest absolute Gasteiger partial charge is 0.454 e. The minimum atomic E-state index is -0.323. The number of amides is 1. The third-order valence-electron chi connectivity index (χ3n) is 3.14. The first-order valence-corrected chi connectivity index (χ1v) is 8.33. The smallest absolute Gasteiger partial charge is 0.248 e. The van der Waals surface area contributed by atoms with Gasteiger partial charge in [0.25, 0.3) is 0 Å². The van der Waals surface area contributed by atoms with Crippen LogP contribution in [-0.2, 0) is 4.79 Å². The fourth-order valence-electron chi connectivity index (χ4n) is 2.09. The molecule has 0 saturated heterocycles. The van der Waals surface area contributed by atoms with Crippen molar-refractivity contribution in [1.29, 1.82) is 0 Å². The molecule has 0 bridgehead atoms. The van der Waals surface area contributed by atoms with E-state index in [2.05, 4.69) is 21.2 Å². The maximum absolute atomic E-state index is 12.1. The van der Waals surface area contributed by atoms with E-state index >= 15 is 0 Å². The molecule has 1 aliphatic rings. The maximum Gasteiger partial charge on any atom is 0.248 e. The normalized spacial score (nSPS) is 12.6. The van der Waals surface area contributed by atoms with Crippen molar-refractivity contribution in [3.05, 3.63) is 44.6 Å². The number of benzene rings is 1. The number of fused-ring (bicyclic) bond motifs is 1. The number of halogens is 1. The van der Waals surface area contributed by atoms with Crippen molar-refractivity contribution >= 4 is 50.7 Å². The predicted molar refractivity (Wildman–Crippen MR) is 92.3 cm³/mol. The summed E-state index contributed by atoms with van der Waals surface area (Å²) in [5.41, 5.74) is 0.790. The zero-order chi connectivity index (χ0) is 16.4. The van der Waals surface area contributed by atoms with Crippen LogP contribution in [0.25, 0.3) is 6.08 Å². The lowest BCUT2D eigenvalue weighted by molar-refractivity contribution is -0.111. The molecule has 1 amide bonds. The van der Waals surface area contributed by atoms with Crippen LogP contribution in [0.2, 0.25) is 0 Å². The molecule has 118 valence electrons. The number of Topliss-reactive ketones (excluding diaryl/α,β-unsaturated/α-hetero) is 1. The van der Waals surface area contributed by atoms with E-state index in [1.807, 2.05) is 12.1 Å². The molecule has 0 fully saturated rings. The van der Waals surface area contributed by atoms with E-state index in [1.165, 1.54) is 24.3 Å². The Kier molecular flexibility index (Phi) is 4.49. The van der Waals surface area contributed by atoms with Gasteiger partial charge in [-0.3, -0.25) is 9.59 Å². The molecule has 2 aromatic rings. The Labute approximate surface area is 145 Å². The van der Waals surface area contributed by atoms with Gasteiger partial charge in [0.1, 0.15) is 0 Å². The van der Waals surface area contributed by atoms with Gasteiger partial charge in [0.15, 0.2) is 17.3 Å². The molecule has 23 heavy (non-hydrogen) atoms. The Morgan fingerprint density at radius 2 is 2.00 bits per heavy atom. The van der Waals surface area contributed by atoms with Gasteiger partial charge in [-0.2, -0.15) is 0 Å². The zero-order valence-corrected chi connectivity index (χ0v) is 14.5. The molecule has 3 rings (SSSR count). The Morgan fingerprint density at radius 1 is 1.26 bits per heavy atom. The van der Waals surface area contributed by atoms with Gasteiger partial charge in [-0.1, -0.05) is 0 Å². The molecule has 5 nitrogen and oxygen atoms in total. The third-order valence-corrected chi connectivity index (χ3v) is 4.73. The van der Waals surface area contributed by atoms with Crippen LogP contribution in [0.15, 0.2) is 34.1 Å². The first-order chi connectivity index (χ1) is 11.0. The molecule has 0 saturated carbocycles. The van der Waals surface area contributed by atoms with Crippen LogP contribution in [-0.4, -0.2) is 18.5 Å². The number of hydrogen-bond acceptors (Lipinski definition) is 5. The standard InChI is InChI=1S/C16H12BrNO4S/c1-9(19)11-6-13-14(22-8-21-13)7-12(11)18-16(20)5-3-10-2-4-15(17)23-10/h2-7H,8H2,1H3,(H,18,20)/b5-3+. The van der Waals surface area contributed by atoms with Crippen LogP contribution in [0, 0.1) is 0 Å². The lowest BCUT2D eigenvalue weighted by Gasteiger charge is -2.09. The van der Waals surface area contributed by atoms with Crippen molar-refractivity contribution in [3.63, 3.8) is 0 Å². The van der Waals surface area contributed by atoms with Gasteiger partial charge in [0.05, 0.1) is 9.47 Å². The lowest BCUT2D eigenvalue weighted by Crippen LogP contribution is -2.11. The fourth-order valence-corrected chi connectivity index (χ4v) is 3.41. The summed E-state index contributed by atoms with van der Waals surface area (Å²) < 4.78 is 11.5. The van der Waals surface area contributed by atoms with E-state index in [9.17, 15) is 9.59 Å². The summed E-state index contributed by atoms with van der Waals surface area (Å²) in [6, 6.07) is 7.00. The van der Waals surface area contributed by atoms with Gasteiger partial charge in [0.2, 0.25) is 12.7 Å². The second-order valence-corrected chi connectivity index (χ2v) is 7.27. The summed E-state index contributed by atoms with van der Waals surface area (Å²) in [6.07, 6.45) is 3.14. The Bertz CT molecular complexity index is 812. The molecule has 0 spiro atoms. The van der Waals surface area contributed by atoms with Crippen molar-refractivity contribution in [3.8, 4) is 11.5 Å². The number of anilines is 1. The van der Waals surface area contributed by atoms with Crippen molar-refractivity contribution in [2.24, 2.45) is 0 Å². The number of rotatable bonds is 4. The van der Waals surface area contributed by atoms with Gasteiger partial charge >= 0.3 is 0 Å². The molecule has 2 heterocycles. The first kappa shape index (κ1) is 15.8. The number of carbonyl (C=O) groups excluding carboxylic acids is 2. The zero-order valence-electron chi connectivity index (χ0n) is 12.1. The van der Waals surface area contributed by atoms with E-state index in [-0.39, 0.29) is 18.5 Å². The number of nitrogens with one attached hydrogen (secondary N) is 1. The van der Waals surface area contributed by atoms with Crippen LogP contribution >= 0.6 is 27.3 Å². The number of thiophene rings is 1. The minimum Gasteiger partial charge on any atom is -0.454 e. The van der Waals surface area contributed by atoms with Crippen LogP contribution < -0.4 is 14.8 Å². The fraction of sp³-hybridized carbons (Fsp3) is 0.125. The quantitative estimate of drug-likeness (QED) is 0.627. The number of ketones is 1. The number of ether oxygens (including phenoxy) is 2. The van der Waals surface area contributed by atoms with Gasteiger partial charge in [-0.05, 0) is 47.1 Å². The highest BCUT2D eigenvalue weighted by molar-refractivity contribution is 9.11. The number of hydrogen-bond donors (Lipinski definition) is 1. The molecule has 1 aromatic heterocycles. The van der Waals surface area contributed by atoms with Crippen molar-refractivity contribution in [1.82, 2.24) is 0 Å². The Hall–Kier alpha value is -2.12. The van der Waals surface area contributed by atoms with E-state index in [0.717, 1.165) is 8.66 Å². The highest BCUT2D eigenvalue weighted by Crippen LogP contribution is 2.37. The predicted octanol–water partition coefficient (Wildman–Crippen LogP) is 4.09. The summed E-state index contributed by atoms with van der Waals surface area (Å²) in [7, 11) is 0. The van der Waals surface area contributed by atoms with Gasteiger partial charge in [-0.25, -0.2) is 0 Å². The summed E-state index contributed by atoms with van der Waals surface area (Å²) in [4.78, 5) is 24.8. The van der Waals surface area contributed by atoms with Crippen molar-refractivity contribution in [2.45, 2.75) is 6.92 Å². The monoisotopic (exact) mass is 393 g/mol. The second-order valence-electron chi connectivity index (χ2n) is 4.77. The molecule has 0 radical (unpaired) electrons. The molecule has 7 heteroatoms. The average Bonchev–Trinajstić information content (AvgIpc) is 3.12. The van der Waals surface area contributed by atoms with E-state index in [1.54, 1.807) is 18.2 Å². The van der Waals surface area contributed by atoms with Crippen LogP contribution in [0.5, 0.6) is 11.5 Å². The lowest BCUT2D eigenvalue weighted by atomic mass is 10.1. The van der Waals surface area contributed by atoms with Crippen LogP contribution in [0.3, 0.4) is 0 Å². The summed E-state index contributed by atoms with van der Waals surface area (Å²) >= 11 is 4.89. The minimum absolute atomic E-state index is 0.108. The number of carbonyl (C=O) groups is 2. The highest BCUT2D eigenvalue weighted by atomic mass is 79.9. The topological polar surface area (TPSA) is 64.6 Å². The first-order valence-electron chi connectivity index (χ1n) is 6.72. The van der Waals surface area contributed by atoms with Crippen LogP contribution in [0.4, 0.5) is 5.69 Å². The summed E-state index contributed by atoms with van der Waals surface area (Å²) in [5.74, 6) is 0.532. The SMILES string of the molecule is CC(=O)c1cc2c(cc1NC(=O)/C=C/c1ccc(Br)s1)OCO2. The molecule has 1 N–H and O–H groups in total. The highest BCUT2D eigenvalue weighted by Gasteiger charge is 2.19. The third kappa shape index (κ3) is 3.62. The van der Waals surface area contributed by atoms with Gasteiger partial charge < -0.3 is 14.8 Å². The second kappa shape index (κ2) is 6.55. The van der Waals surface area contributed by atoms with Crippen molar-refractivity contribution in [2.75, 3.05) is 12.1 Å². The van der Waals surface area contributed by atoms with Crippen LogP contribution in [0.1, 0.15) is 22.2 Å². The van der Waals surface area contributed by atoms with E-state index < -0.39 is 0 Å². The summed E-state index contributed by atoms with van der Waals surface area (Å²) in [6.45, 7) is 1.55. The molecular formula is C16H12BrNO4S. The molecule has 0 unspecified atom stereocenters. The summed E-state index contributed by atoms with van der Waals surface area (Å²) in [5, 5.41) is 2.71. The van der Waals surface area contributed by atoms with Crippen molar-refractivity contribution < 1.29 is 19.1 Å². The molecule has 1 aliphatic heterocycles. The molecule has 1 aromatic carbocycles. The Morgan fingerprint density at radius 3 is 2.65 bits per heavy atom. The molecule has 0 atom stereocenters. The van der Waals surface area contributed by atoms with Gasteiger partial charge in [0, 0.05) is 22.6 Å². The molecule has 0 aliphatic carbocycles. The Balaban J connectivity index is 1.80. The maximum atomic E-state index is 12.1.